The summed E-state index contributed by atoms with van der Waals surface area (Å²) in [6.07, 6.45) is 10.3. The molecule has 3 aromatic carbocycles. The van der Waals surface area contributed by atoms with E-state index in [1.165, 1.54) is 16.5 Å². The fourth-order valence-corrected chi connectivity index (χ4v) is 8.62. The number of fused-ring (bicyclic) bond motifs is 1. The van der Waals surface area contributed by atoms with Crippen molar-refractivity contribution in [3.63, 3.8) is 0 Å². The van der Waals surface area contributed by atoms with Crippen LogP contribution in [0.4, 0.5) is 14.5 Å². The Balaban J connectivity index is 1.00. The SMILES string of the molecule is CN(C)C(=O)c1cc2c(-c3ccc(C4CCC(c5cc(F)cc(NC6CCC(=O)NC6=O)c5)CC4)cc3)cc(C3=CCCN(C(=O)CCn4ccnn4)C3)c(F)c2[nH]1. The van der Waals surface area contributed by atoms with E-state index in [1.54, 1.807) is 48.2 Å². The van der Waals surface area contributed by atoms with Crippen LogP contribution in [0.1, 0.15) is 90.4 Å². The second kappa shape index (κ2) is 16.4. The van der Waals surface area contributed by atoms with Crippen molar-refractivity contribution in [1.82, 2.24) is 35.1 Å². The number of carbonyl (C=O) groups is 4. The second-order valence-corrected chi connectivity index (χ2v) is 15.8. The highest BCUT2D eigenvalue weighted by Crippen LogP contribution is 2.43. The van der Waals surface area contributed by atoms with E-state index in [4.69, 9.17) is 0 Å². The minimum absolute atomic E-state index is 0.0476. The summed E-state index contributed by atoms with van der Waals surface area (Å²) < 4.78 is 33.0. The van der Waals surface area contributed by atoms with Gasteiger partial charge >= 0.3 is 0 Å². The Hall–Kier alpha value is -6.18. The minimum atomic E-state index is -0.587. The van der Waals surface area contributed by atoms with Gasteiger partial charge in [0.2, 0.25) is 17.7 Å². The third kappa shape index (κ3) is 8.13. The van der Waals surface area contributed by atoms with Gasteiger partial charge in [-0.15, -0.1) is 5.10 Å². The molecular weight excluding hydrogens is 743 g/mol. The number of aromatic amines is 1. The normalized spacial score (nSPS) is 19.8. The molecule has 2 fully saturated rings. The number of anilines is 1. The van der Waals surface area contributed by atoms with Crippen molar-refractivity contribution in [2.24, 2.45) is 0 Å². The van der Waals surface area contributed by atoms with E-state index in [1.807, 2.05) is 30.3 Å². The lowest BCUT2D eigenvalue weighted by Crippen LogP contribution is -2.47. The summed E-state index contributed by atoms with van der Waals surface area (Å²) in [6, 6.07) is 16.2. The van der Waals surface area contributed by atoms with Crippen molar-refractivity contribution in [1.29, 1.82) is 0 Å². The van der Waals surface area contributed by atoms with Crippen LogP contribution in [0.5, 0.6) is 0 Å². The number of hydrogen-bond donors (Lipinski definition) is 3. The summed E-state index contributed by atoms with van der Waals surface area (Å²) in [7, 11) is 3.31. The molecule has 1 saturated heterocycles. The van der Waals surface area contributed by atoms with E-state index in [9.17, 15) is 23.6 Å². The molecule has 5 aromatic rings. The Labute approximate surface area is 334 Å². The van der Waals surface area contributed by atoms with Gasteiger partial charge < -0.3 is 20.1 Å². The molecule has 0 spiro atoms. The highest BCUT2D eigenvalue weighted by atomic mass is 19.1. The quantitative estimate of drug-likeness (QED) is 0.133. The van der Waals surface area contributed by atoms with Crippen molar-refractivity contribution in [3.05, 3.63) is 107 Å². The summed E-state index contributed by atoms with van der Waals surface area (Å²) in [5.74, 6) is -1.37. The molecule has 58 heavy (non-hydrogen) atoms. The number of benzene rings is 3. The van der Waals surface area contributed by atoms with E-state index in [0.29, 0.717) is 54.1 Å². The fourth-order valence-electron chi connectivity index (χ4n) is 8.62. The fraction of sp³-hybridized carbons (Fsp3) is 0.364. The third-order valence-electron chi connectivity index (χ3n) is 11.8. The second-order valence-electron chi connectivity index (χ2n) is 15.8. The van der Waals surface area contributed by atoms with Crippen LogP contribution in [-0.4, -0.2) is 86.6 Å². The van der Waals surface area contributed by atoms with Crippen LogP contribution in [0.2, 0.25) is 0 Å². The van der Waals surface area contributed by atoms with Gasteiger partial charge in [0.1, 0.15) is 17.6 Å². The van der Waals surface area contributed by atoms with Gasteiger partial charge in [0.15, 0.2) is 5.82 Å². The highest BCUT2D eigenvalue weighted by Gasteiger charge is 2.29. The summed E-state index contributed by atoms with van der Waals surface area (Å²) >= 11 is 0. The zero-order valence-electron chi connectivity index (χ0n) is 32.6. The number of piperidine rings is 1. The topological polar surface area (TPSA) is 145 Å². The zero-order chi connectivity index (χ0) is 40.5. The number of carbonyl (C=O) groups excluding carboxylic acids is 4. The van der Waals surface area contributed by atoms with Crippen molar-refractivity contribution in [3.8, 4) is 11.1 Å². The molecule has 2 aliphatic heterocycles. The molecule has 2 aromatic heterocycles. The molecule has 12 nitrogen and oxygen atoms in total. The Kier molecular flexibility index (Phi) is 10.9. The monoisotopic (exact) mass is 788 g/mol. The average molecular weight is 789 g/mol. The van der Waals surface area contributed by atoms with Crippen LogP contribution in [0.3, 0.4) is 0 Å². The van der Waals surface area contributed by atoms with E-state index < -0.39 is 17.8 Å². The lowest BCUT2D eigenvalue weighted by molar-refractivity contribution is -0.134. The van der Waals surface area contributed by atoms with Gasteiger partial charge in [0.05, 0.1) is 18.3 Å². The maximum absolute atomic E-state index is 16.6. The molecule has 14 heteroatoms. The summed E-state index contributed by atoms with van der Waals surface area (Å²) in [6.45, 7) is 1.20. The number of halogens is 2. The van der Waals surface area contributed by atoms with Crippen LogP contribution in [0.15, 0.2) is 73.1 Å². The van der Waals surface area contributed by atoms with Crippen LogP contribution in [0, 0.1) is 11.6 Å². The third-order valence-corrected chi connectivity index (χ3v) is 11.8. The molecule has 300 valence electrons. The molecule has 1 unspecified atom stereocenters. The van der Waals surface area contributed by atoms with Gasteiger partial charge in [0, 0.05) is 62.9 Å². The first-order valence-corrected chi connectivity index (χ1v) is 19.9. The molecule has 4 heterocycles. The van der Waals surface area contributed by atoms with Crippen LogP contribution < -0.4 is 10.6 Å². The van der Waals surface area contributed by atoms with Crippen LogP contribution >= 0.6 is 0 Å². The van der Waals surface area contributed by atoms with Crippen molar-refractivity contribution in [2.45, 2.75) is 75.8 Å². The largest absolute Gasteiger partial charge is 0.374 e. The predicted octanol–water partition coefficient (Wildman–Crippen LogP) is 6.77. The van der Waals surface area contributed by atoms with Gasteiger partial charge in [-0.1, -0.05) is 35.6 Å². The number of H-pyrrole nitrogens is 1. The Morgan fingerprint density at radius 3 is 2.40 bits per heavy atom. The molecule has 8 rings (SSSR count). The van der Waals surface area contributed by atoms with Crippen molar-refractivity contribution >= 4 is 45.8 Å². The number of amides is 4. The predicted molar refractivity (Wildman–Crippen MR) is 216 cm³/mol. The number of aromatic nitrogens is 4. The highest BCUT2D eigenvalue weighted by molar-refractivity contribution is 6.05. The zero-order valence-corrected chi connectivity index (χ0v) is 32.6. The van der Waals surface area contributed by atoms with Crippen molar-refractivity contribution in [2.75, 3.05) is 32.5 Å². The summed E-state index contributed by atoms with van der Waals surface area (Å²) in [5.41, 5.74) is 5.88. The lowest BCUT2D eigenvalue weighted by Gasteiger charge is -2.30. The molecule has 3 N–H and O–H groups in total. The Morgan fingerprint density at radius 1 is 0.931 bits per heavy atom. The number of rotatable bonds is 10. The van der Waals surface area contributed by atoms with Gasteiger partial charge in [0.25, 0.3) is 5.91 Å². The van der Waals surface area contributed by atoms with E-state index in [0.717, 1.165) is 42.4 Å². The van der Waals surface area contributed by atoms with Gasteiger partial charge in [-0.2, -0.15) is 0 Å². The van der Waals surface area contributed by atoms with Crippen LogP contribution in [-0.2, 0) is 20.9 Å². The summed E-state index contributed by atoms with van der Waals surface area (Å²) in [5, 5.41) is 13.8. The number of nitrogens with zero attached hydrogens (tertiary/aromatic N) is 5. The number of imide groups is 1. The minimum Gasteiger partial charge on any atom is -0.374 e. The first-order valence-electron chi connectivity index (χ1n) is 19.9. The summed E-state index contributed by atoms with van der Waals surface area (Å²) in [4.78, 5) is 56.4. The average Bonchev–Trinajstić information content (AvgIpc) is 3.92. The number of aryl methyl sites for hydroxylation is 1. The maximum Gasteiger partial charge on any atom is 0.269 e. The van der Waals surface area contributed by atoms with Gasteiger partial charge in [-0.05, 0) is 109 Å². The first-order chi connectivity index (χ1) is 28.0. The maximum atomic E-state index is 16.6. The molecule has 1 atom stereocenters. The molecule has 0 radical (unpaired) electrons. The molecular formula is C44H46F2N8O4. The number of nitrogens with one attached hydrogen (secondary N) is 3. The molecule has 4 amide bonds. The number of hydrogen-bond acceptors (Lipinski definition) is 7. The van der Waals surface area contributed by atoms with E-state index >= 15 is 4.39 Å². The van der Waals surface area contributed by atoms with E-state index in [2.05, 4.69) is 38.1 Å². The molecule has 1 aliphatic carbocycles. The van der Waals surface area contributed by atoms with Gasteiger partial charge in [-0.25, -0.2) is 8.78 Å². The lowest BCUT2D eigenvalue weighted by atomic mass is 9.76. The molecule has 0 bridgehead atoms. The smallest absolute Gasteiger partial charge is 0.269 e. The Bertz CT molecular complexity index is 2400. The molecule has 3 aliphatic rings. The van der Waals surface area contributed by atoms with Gasteiger partial charge in [-0.3, -0.25) is 29.2 Å². The van der Waals surface area contributed by atoms with Crippen LogP contribution in [0.25, 0.3) is 27.6 Å². The van der Waals surface area contributed by atoms with Crippen molar-refractivity contribution < 1.29 is 28.0 Å². The molecule has 1 saturated carbocycles. The van der Waals surface area contributed by atoms with E-state index in [-0.39, 0.29) is 60.1 Å². The Morgan fingerprint density at radius 2 is 1.69 bits per heavy atom. The first kappa shape index (κ1) is 38.7. The standard InChI is InChI=1S/C44H46F2N8O4/c1-52(2)44(58)38-24-36-34(23-35(41(46)42(36)49-38)30-4-3-17-53(25-30)40(56)15-18-54-19-16-47-51-54)29-11-9-27(10-12-29)26-5-7-28(8-6-26)31-20-32(45)22-33(21-31)48-37-13-14-39(55)50-43(37)57/h4,9-12,16,19-24,26,28,37,48-49H,3,5-8,13-15,17-18,25H2,1-2H3,(H,50,55,57).